The summed E-state index contributed by atoms with van der Waals surface area (Å²) in [6, 6.07) is 7.30. The topological polar surface area (TPSA) is 90.6 Å². The molecule has 0 saturated heterocycles. The van der Waals surface area contributed by atoms with Crippen LogP contribution in [0.5, 0.6) is 11.5 Å². The van der Waals surface area contributed by atoms with Crippen molar-refractivity contribution in [3.63, 3.8) is 0 Å². The maximum absolute atomic E-state index is 12.8. The van der Waals surface area contributed by atoms with Crippen molar-refractivity contribution in [3.8, 4) is 11.5 Å². The Kier molecular flexibility index (Phi) is 5.67. The number of halogens is 3. The quantitative estimate of drug-likeness (QED) is 0.791. The fourth-order valence-electron chi connectivity index (χ4n) is 2.27. The summed E-state index contributed by atoms with van der Waals surface area (Å²) in [5.74, 6) is 1.03. The van der Waals surface area contributed by atoms with E-state index in [9.17, 15) is 21.6 Å². The van der Waals surface area contributed by atoms with Gasteiger partial charge in [-0.05, 0) is 30.3 Å². The van der Waals surface area contributed by atoms with Crippen LogP contribution in [-0.4, -0.2) is 22.6 Å². The Morgan fingerprint density at radius 1 is 1.08 bits per heavy atom. The van der Waals surface area contributed by atoms with Crippen molar-refractivity contribution >= 4 is 15.7 Å². The smallest absolute Gasteiger partial charge is 0.416 e. The molecule has 0 amide bonds. The number of nitrogens with one attached hydrogen (secondary N) is 1. The van der Waals surface area contributed by atoms with Gasteiger partial charge in [0, 0.05) is 18.2 Å². The molecule has 0 radical (unpaired) electrons. The molecule has 0 aliphatic rings. The first-order chi connectivity index (χ1) is 12.1. The summed E-state index contributed by atoms with van der Waals surface area (Å²) in [5, 5.41) is 7.84. The number of primary sulfonamides is 1. The number of nitrogens with two attached hydrogens (primary N) is 1. The van der Waals surface area contributed by atoms with Gasteiger partial charge < -0.3 is 14.8 Å². The number of sulfonamides is 1. The highest BCUT2D eigenvalue weighted by Gasteiger charge is 2.32. The summed E-state index contributed by atoms with van der Waals surface area (Å²) >= 11 is 0. The third kappa shape index (κ3) is 4.58. The second-order valence-corrected chi connectivity index (χ2v) is 6.81. The number of hydrogen-bond acceptors (Lipinski definition) is 5. The molecule has 142 valence electrons. The Hall–Kier alpha value is -2.46. The average molecular weight is 390 g/mol. The van der Waals surface area contributed by atoms with Gasteiger partial charge in [0.1, 0.15) is 16.4 Å². The minimum absolute atomic E-state index is 0.0432. The number of hydrogen-bond donors (Lipinski definition) is 2. The van der Waals surface area contributed by atoms with Crippen molar-refractivity contribution in [1.82, 2.24) is 0 Å². The second-order valence-electron chi connectivity index (χ2n) is 5.29. The van der Waals surface area contributed by atoms with Crippen LogP contribution in [0.3, 0.4) is 0 Å². The van der Waals surface area contributed by atoms with Crippen molar-refractivity contribution < 1.29 is 31.1 Å². The van der Waals surface area contributed by atoms with Crippen molar-refractivity contribution in [2.45, 2.75) is 17.6 Å². The lowest BCUT2D eigenvalue weighted by Gasteiger charge is -2.15. The van der Waals surface area contributed by atoms with Crippen LogP contribution in [0.1, 0.15) is 11.1 Å². The number of alkyl halides is 3. The lowest BCUT2D eigenvalue weighted by Crippen LogP contribution is -2.17. The summed E-state index contributed by atoms with van der Waals surface area (Å²) in [4.78, 5) is -0.639. The molecular formula is C16H17F3N2O4S. The number of benzene rings is 2. The fraction of sp³-hybridized carbons (Fsp3) is 0.250. The first kappa shape index (κ1) is 19.9. The zero-order valence-electron chi connectivity index (χ0n) is 13.9. The molecule has 0 atom stereocenters. The average Bonchev–Trinajstić information content (AvgIpc) is 2.58. The Morgan fingerprint density at radius 2 is 1.77 bits per heavy atom. The third-order valence-electron chi connectivity index (χ3n) is 3.58. The van der Waals surface area contributed by atoms with E-state index in [0.29, 0.717) is 23.1 Å². The molecular weight excluding hydrogens is 373 g/mol. The Morgan fingerprint density at radius 3 is 2.31 bits per heavy atom. The molecule has 0 spiro atoms. The molecule has 0 unspecified atom stereocenters. The van der Waals surface area contributed by atoms with Gasteiger partial charge in [0.25, 0.3) is 0 Å². The molecule has 3 N–H and O–H groups in total. The van der Waals surface area contributed by atoms with Crippen LogP contribution in [0, 0.1) is 0 Å². The molecule has 6 nitrogen and oxygen atoms in total. The summed E-state index contributed by atoms with van der Waals surface area (Å²) in [6.07, 6.45) is -4.68. The first-order valence-electron chi connectivity index (χ1n) is 7.25. The van der Waals surface area contributed by atoms with Crippen molar-refractivity contribution in [2.75, 3.05) is 19.5 Å². The van der Waals surface area contributed by atoms with E-state index in [0.717, 1.165) is 12.1 Å². The molecule has 26 heavy (non-hydrogen) atoms. The fourth-order valence-corrected chi connectivity index (χ4v) is 3.01. The molecule has 0 aromatic heterocycles. The van der Waals surface area contributed by atoms with Gasteiger partial charge in [-0.15, -0.1) is 0 Å². The lowest BCUT2D eigenvalue weighted by molar-refractivity contribution is -0.137. The van der Waals surface area contributed by atoms with Gasteiger partial charge >= 0.3 is 6.18 Å². The number of ether oxygens (including phenoxy) is 2. The van der Waals surface area contributed by atoms with Crippen LogP contribution < -0.4 is 19.9 Å². The van der Waals surface area contributed by atoms with Gasteiger partial charge in [-0.3, -0.25) is 0 Å². The van der Waals surface area contributed by atoms with E-state index in [2.05, 4.69) is 5.32 Å². The van der Waals surface area contributed by atoms with Gasteiger partial charge in [0.05, 0.1) is 25.5 Å². The van der Waals surface area contributed by atoms with Crippen LogP contribution in [0.25, 0.3) is 0 Å². The number of rotatable bonds is 6. The van der Waals surface area contributed by atoms with E-state index in [-0.39, 0.29) is 12.2 Å². The molecule has 0 aliphatic carbocycles. The molecule has 2 aromatic carbocycles. The van der Waals surface area contributed by atoms with E-state index in [1.165, 1.54) is 14.2 Å². The first-order valence-corrected chi connectivity index (χ1v) is 8.79. The van der Waals surface area contributed by atoms with Crippen molar-refractivity contribution in [1.29, 1.82) is 0 Å². The van der Waals surface area contributed by atoms with Crippen LogP contribution in [0.2, 0.25) is 0 Å². The molecule has 0 bridgehead atoms. The van der Waals surface area contributed by atoms with Gasteiger partial charge in [0.2, 0.25) is 10.0 Å². The highest BCUT2D eigenvalue weighted by atomic mass is 32.2. The minimum Gasteiger partial charge on any atom is -0.497 e. The predicted molar refractivity (Wildman–Crippen MR) is 89.7 cm³/mol. The zero-order valence-corrected chi connectivity index (χ0v) is 14.7. The normalized spacial score (nSPS) is 11.9. The van der Waals surface area contributed by atoms with Crippen LogP contribution in [-0.2, 0) is 22.7 Å². The molecule has 2 rings (SSSR count). The summed E-state index contributed by atoms with van der Waals surface area (Å²) in [6.45, 7) is 0.0983. The van der Waals surface area contributed by atoms with Gasteiger partial charge in [-0.1, -0.05) is 0 Å². The van der Waals surface area contributed by atoms with Gasteiger partial charge in [-0.25, -0.2) is 13.6 Å². The predicted octanol–water partition coefficient (Wildman–Crippen LogP) is 2.98. The molecule has 10 heteroatoms. The highest BCUT2D eigenvalue weighted by Crippen LogP contribution is 2.33. The minimum atomic E-state index is -4.68. The second kappa shape index (κ2) is 7.42. The molecule has 0 saturated carbocycles. The standard InChI is InChI=1S/C16H17F3N2O4S/c1-24-12-5-3-10(14(8-12)25-2)9-21-13-6-4-11(16(17,18)19)7-15(13)26(20,22)23/h3-8,21H,9H2,1-2H3,(H2,20,22,23). The molecule has 0 heterocycles. The highest BCUT2D eigenvalue weighted by molar-refractivity contribution is 7.89. The molecule has 2 aromatic rings. The van der Waals surface area contributed by atoms with E-state index in [1.54, 1.807) is 18.2 Å². The summed E-state index contributed by atoms with van der Waals surface area (Å²) in [7, 11) is -1.42. The molecule has 0 fully saturated rings. The summed E-state index contributed by atoms with van der Waals surface area (Å²) in [5.41, 5.74) is -0.499. The van der Waals surface area contributed by atoms with Crippen molar-refractivity contribution in [3.05, 3.63) is 47.5 Å². The largest absolute Gasteiger partial charge is 0.497 e. The number of methoxy groups -OCH3 is 2. The third-order valence-corrected chi connectivity index (χ3v) is 4.53. The summed E-state index contributed by atoms with van der Waals surface area (Å²) < 4.78 is 72.1. The van der Waals surface area contributed by atoms with E-state index in [1.807, 2.05) is 0 Å². The molecule has 0 aliphatic heterocycles. The maximum Gasteiger partial charge on any atom is 0.416 e. The van der Waals surface area contributed by atoms with Gasteiger partial charge in [-0.2, -0.15) is 13.2 Å². The Bertz CT molecular complexity index is 899. The Labute approximate surface area is 148 Å². The lowest BCUT2D eigenvalue weighted by atomic mass is 10.1. The van der Waals surface area contributed by atoms with Crippen molar-refractivity contribution in [2.24, 2.45) is 5.14 Å². The van der Waals surface area contributed by atoms with Crippen LogP contribution >= 0.6 is 0 Å². The zero-order chi connectivity index (χ0) is 19.5. The monoisotopic (exact) mass is 390 g/mol. The van der Waals surface area contributed by atoms with E-state index >= 15 is 0 Å². The van der Waals surface area contributed by atoms with Crippen LogP contribution in [0.4, 0.5) is 18.9 Å². The SMILES string of the molecule is COc1ccc(CNc2ccc(C(F)(F)F)cc2S(N)(=O)=O)c(OC)c1. The van der Waals surface area contributed by atoms with Gasteiger partial charge in [0.15, 0.2) is 0 Å². The van der Waals surface area contributed by atoms with E-state index in [4.69, 9.17) is 14.6 Å². The van der Waals surface area contributed by atoms with E-state index < -0.39 is 26.7 Å². The Balaban J connectivity index is 2.35. The maximum atomic E-state index is 12.8. The number of anilines is 1. The van der Waals surface area contributed by atoms with Crippen LogP contribution in [0.15, 0.2) is 41.3 Å².